The van der Waals surface area contributed by atoms with Crippen LogP contribution in [-0.2, 0) is 27.4 Å². The Morgan fingerprint density at radius 3 is 1.45 bits per heavy atom. The number of hydrogen-bond acceptors (Lipinski definition) is 7. The lowest BCUT2D eigenvalue weighted by molar-refractivity contribution is 0.0563. The first-order valence-electron chi connectivity index (χ1n) is 9.59. The summed E-state index contributed by atoms with van der Waals surface area (Å²) < 4.78 is 26.9. The molecule has 7 heteroatoms. The van der Waals surface area contributed by atoms with Crippen LogP contribution in [-0.4, -0.2) is 50.9 Å². The zero-order valence-electron chi connectivity index (χ0n) is 17.1. The molecule has 0 aromatic heterocycles. The van der Waals surface area contributed by atoms with E-state index >= 15 is 0 Å². The van der Waals surface area contributed by atoms with Gasteiger partial charge in [-0.25, -0.2) is 0 Å². The molecule has 0 saturated heterocycles. The van der Waals surface area contributed by atoms with E-state index in [0.717, 1.165) is 24.0 Å². The van der Waals surface area contributed by atoms with Crippen molar-refractivity contribution in [2.45, 2.75) is 26.1 Å². The van der Waals surface area contributed by atoms with Gasteiger partial charge in [-0.1, -0.05) is 12.1 Å². The van der Waals surface area contributed by atoms with Crippen molar-refractivity contribution in [3.63, 3.8) is 0 Å². The summed E-state index contributed by atoms with van der Waals surface area (Å²) in [6.45, 7) is 3.39. The second-order valence-corrected chi connectivity index (χ2v) is 6.44. The fourth-order valence-electron chi connectivity index (χ4n) is 2.63. The molecule has 0 saturated carbocycles. The molecule has 0 radical (unpaired) electrons. The smallest absolute Gasteiger partial charge is 0.160 e. The lowest BCUT2D eigenvalue weighted by Crippen LogP contribution is -2.05. The number of phenols is 2. The van der Waals surface area contributed by atoms with Gasteiger partial charge in [-0.15, -0.1) is 0 Å². The molecule has 0 spiro atoms. The summed E-state index contributed by atoms with van der Waals surface area (Å²) >= 11 is 0. The Labute approximate surface area is 171 Å². The third kappa shape index (κ3) is 8.19. The summed E-state index contributed by atoms with van der Waals surface area (Å²) in [7, 11) is 3.04. The molecule has 2 aromatic rings. The SMILES string of the molecule is COc1cc(COCCCOCCCOCc2ccc(O)c(OC)c2)ccc1O. The summed E-state index contributed by atoms with van der Waals surface area (Å²) in [4.78, 5) is 0. The second kappa shape index (κ2) is 12.9. The van der Waals surface area contributed by atoms with Crippen LogP contribution in [0, 0.1) is 0 Å². The van der Waals surface area contributed by atoms with E-state index in [1.165, 1.54) is 14.2 Å². The summed E-state index contributed by atoms with van der Waals surface area (Å²) in [6.07, 6.45) is 1.62. The Morgan fingerprint density at radius 2 is 1.03 bits per heavy atom. The van der Waals surface area contributed by atoms with E-state index in [1.807, 2.05) is 12.1 Å². The Bertz CT molecular complexity index is 672. The van der Waals surface area contributed by atoms with Crippen LogP contribution in [0.25, 0.3) is 0 Å². The monoisotopic (exact) mass is 406 g/mol. The largest absolute Gasteiger partial charge is 0.504 e. The minimum absolute atomic E-state index is 0.122. The maximum absolute atomic E-state index is 9.56. The van der Waals surface area contributed by atoms with Crippen molar-refractivity contribution in [1.29, 1.82) is 0 Å². The van der Waals surface area contributed by atoms with Gasteiger partial charge < -0.3 is 33.9 Å². The van der Waals surface area contributed by atoms with Gasteiger partial charge >= 0.3 is 0 Å². The van der Waals surface area contributed by atoms with Crippen LogP contribution in [0.1, 0.15) is 24.0 Å². The van der Waals surface area contributed by atoms with Crippen LogP contribution in [0.15, 0.2) is 36.4 Å². The van der Waals surface area contributed by atoms with Crippen LogP contribution >= 0.6 is 0 Å². The molecule has 0 unspecified atom stereocenters. The molecule has 2 N–H and O–H groups in total. The number of aromatic hydroxyl groups is 2. The highest BCUT2D eigenvalue weighted by Gasteiger charge is 2.04. The van der Waals surface area contributed by atoms with E-state index in [9.17, 15) is 10.2 Å². The zero-order valence-corrected chi connectivity index (χ0v) is 17.1. The van der Waals surface area contributed by atoms with E-state index in [1.54, 1.807) is 24.3 Å². The first-order chi connectivity index (χ1) is 14.1. The molecule has 0 aliphatic carbocycles. The Balaban J connectivity index is 1.45. The van der Waals surface area contributed by atoms with Gasteiger partial charge in [0.1, 0.15) is 0 Å². The number of phenolic OH excluding ortho intramolecular Hbond substituents is 2. The normalized spacial score (nSPS) is 10.8. The number of hydrogen-bond donors (Lipinski definition) is 2. The quantitative estimate of drug-likeness (QED) is 0.463. The van der Waals surface area contributed by atoms with Crippen LogP contribution in [0.5, 0.6) is 23.0 Å². The van der Waals surface area contributed by atoms with Gasteiger partial charge in [0.25, 0.3) is 0 Å². The molecule has 7 nitrogen and oxygen atoms in total. The van der Waals surface area contributed by atoms with Crippen molar-refractivity contribution >= 4 is 0 Å². The average Bonchev–Trinajstić information content (AvgIpc) is 2.74. The molecule has 2 aromatic carbocycles. The van der Waals surface area contributed by atoms with Crippen LogP contribution < -0.4 is 9.47 Å². The third-order valence-corrected chi connectivity index (χ3v) is 4.18. The molecule has 0 atom stereocenters. The average molecular weight is 406 g/mol. The predicted molar refractivity (Wildman–Crippen MR) is 109 cm³/mol. The van der Waals surface area contributed by atoms with Crippen molar-refractivity contribution in [3.8, 4) is 23.0 Å². The van der Waals surface area contributed by atoms with Gasteiger partial charge in [-0.3, -0.25) is 0 Å². The predicted octanol–water partition coefficient (Wildman–Crippen LogP) is 3.65. The number of benzene rings is 2. The van der Waals surface area contributed by atoms with Crippen LogP contribution in [0.3, 0.4) is 0 Å². The molecule has 29 heavy (non-hydrogen) atoms. The van der Waals surface area contributed by atoms with E-state index in [2.05, 4.69) is 0 Å². The highest BCUT2D eigenvalue weighted by Crippen LogP contribution is 2.27. The Kier molecular flexibility index (Phi) is 10.1. The molecule has 2 rings (SSSR count). The molecular weight excluding hydrogens is 376 g/mol. The summed E-state index contributed by atoms with van der Waals surface area (Å²) in [5.74, 6) is 1.13. The standard InChI is InChI=1S/C22H30O7/c1-25-21-13-17(5-7-19(21)23)15-28-11-3-9-27-10-4-12-29-16-18-6-8-20(24)22(14-18)26-2/h5-8,13-14,23-24H,3-4,9-12,15-16H2,1-2H3. The van der Waals surface area contributed by atoms with Gasteiger partial charge in [0.05, 0.1) is 27.4 Å². The molecule has 0 fully saturated rings. The van der Waals surface area contributed by atoms with Gasteiger partial charge in [0, 0.05) is 26.4 Å². The van der Waals surface area contributed by atoms with Gasteiger partial charge in [0.15, 0.2) is 23.0 Å². The molecule has 0 amide bonds. The van der Waals surface area contributed by atoms with Crippen LogP contribution in [0.2, 0.25) is 0 Å². The van der Waals surface area contributed by atoms with Crippen molar-refractivity contribution < 1.29 is 33.9 Å². The van der Waals surface area contributed by atoms with Crippen molar-refractivity contribution in [2.24, 2.45) is 0 Å². The van der Waals surface area contributed by atoms with E-state index < -0.39 is 0 Å². The first kappa shape index (κ1) is 22.8. The fraction of sp³-hybridized carbons (Fsp3) is 0.455. The highest BCUT2D eigenvalue weighted by atomic mass is 16.5. The molecule has 0 bridgehead atoms. The lowest BCUT2D eigenvalue weighted by atomic mass is 10.2. The summed E-state index contributed by atoms with van der Waals surface area (Å²) in [5, 5.41) is 19.1. The molecule has 0 aliphatic heterocycles. The first-order valence-corrected chi connectivity index (χ1v) is 9.59. The Morgan fingerprint density at radius 1 is 0.621 bits per heavy atom. The molecular formula is C22H30O7. The van der Waals surface area contributed by atoms with Crippen molar-refractivity contribution in [2.75, 3.05) is 40.6 Å². The van der Waals surface area contributed by atoms with E-state index in [0.29, 0.717) is 51.1 Å². The van der Waals surface area contributed by atoms with E-state index in [-0.39, 0.29) is 11.5 Å². The Hall–Kier alpha value is -2.48. The molecule has 160 valence electrons. The minimum atomic E-state index is 0.122. The number of rotatable bonds is 14. The maximum atomic E-state index is 9.56. The van der Waals surface area contributed by atoms with Crippen LogP contribution in [0.4, 0.5) is 0 Å². The fourth-order valence-corrected chi connectivity index (χ4v) is 2.63. The maximum Gasteiger partial charge on any atom is 0.160 e. The molecule has 0 aliphatic rings. The topological polar surface area (TPSA) is 86.6 Å². The van der Waals surface area contributed by atoms with Gasteiger partial charge in [0.2, 0.25) is 0 Å². The van der Waals surface area contributed by atoms with Crippen molar-refractivity contribution in [1.82, 2.24) is 0 Å². The van der Waals surface area contributed by atoms with E-state index in [4.69, 9.17) is 23.7 Å². The zero-order chi connectivity index (χ0) is 20.9. The summed E-state index contributed by atoms with van der Waals surface area (Å²) in [6, 6.07) is 10.3. The summed E-state index contributed by atoms with van der Waals surface area (Å²) in [5.41, 5.74) is 1.90. The number of methoxy groups -OCH3 is 2. The second-order valence-electron chi connectivity index (χ2n) is 6.44. The molecule has 0 heterocycles. The third-order valence-electron chi connectivity index (χ3n) is 4.18. The van der Waals surface area contributed by atoms with Gasteiger partial charge in [-0.05, 0) is 48.2 Å². The minimum Gasteiger partial charge on any atom is -0.504 e. The lowest BCUT2D eigenvalue weighted by Gasteiger charge is -2.09. The number of ether oxygens (including phenoxy) is 5. The van der Waals surface area contributed by atoms with Crippen molar-refractivity contribution in [3.05, 3.63) is 47.5 Å². The van der Waals surface area contributed by atoms with Gasteiger partial charge in [-0.2, -0.15) is 0 Å². The highest BCUT2D eigenvalue weighted by molar-refractivity contribution is 5.42.